The number of anilines is 4. The second-order valence-electron chi connectivity index (χ2n) is 10.0. The van der Waals surface area contributed by atoms with Crippen LogP contribution in [0.5, 0.6) is 0 Å². The molecule has 5 rings (SSSR count). The zero-order valence-electron chi connectivity index (χ0n) is 21.6. The molecule has 1 saturated heterocycles. The van der Waals surface area contributed by atoms with Crippen molar-refractivity contribution in [3.63, 3.8) is 0 Å². The van der Waals surface area contributed by atoms with Crippen molar-refractivity contribution >= 4 is 40.0 Å². The minimum absolute atomic E-state index is 0.276. The Hall–Kier alpha value is -4.28. The lowest BCUT2D eigenvalue weighted by Gasteiger charge is -2.38. The number of amides is 1. The van der Waals surface area contributed by atoms with Crippen molar-refractivity contribution in [3.8, 4) is 11.3 Å². The fourth-order valence-corrected chi connectivity index (χ4v) is 4.61. The molecule has 4 N–H and O–H groups in total. The number of benzene rings is 2. The molecule has 2 aromatic heterocycles. The van der Waals surface area contributed by atoms with E-state index in [0.717, 1.165) is 43.1 Å². The van der Waals surface area contributed by atoms with Crippen LogP contribution in [0.25, 0.3) is 22.3 Å². The predicted molar refractivity (Wildman–Crippen MR) is 151 cm³/mol. The third-order valence-corrected chi connectivity index (χ3v) is 6.36. The molecule has 0 bridgehead atoms. The molecule has 2 aromatic carbocycles. The smallest absolute Gasteiger partial charge is 0.247 e. The topological polar surface area (TPSA) is 122 Å². The van der Waals surface area contributed by atoms with Gasteiger partial charge in [0.25, 0.3) is 0 Å². The molecule has 1 fully saturated rings. The Balaban J connectivity index is 1.28. The first-order chi connectivity index (χ1) is 18.3. The van der Waals surface area contributed by atoms with E-state index in [2.05, 4.69) is 54.3 Å². The number of fused-ring (bicyclic) bond motifs is 1. The maximum atomic E-state index is 11.7. The van der Waals surface area contributed by atoms with Crippen LogP contribution >= 0.6 is 0 Å². The quantitative estimate of drug-likeness (QED) is 0.263. The van der Waals surface area contributed by atoms with E-state index in [1.54, 1.807) is 12.3 Å². The number of aromatic amines is 1. The van der Waals surface area contributed by atoms with E-state index in [-0.39, 0.29) is 5.91 Å². The SMILES string of the molecule is C=CC(=O)Nc1cccc(-c2n[nH]c3cnc(Nc4ccc(N5CCN(CC(C)(C)O)CC5)cc4)nc23)c1. The van der Waals surface area contributed by atoms with Crippen LogP contribution in [-0.2, 0) is 4.79 Å². The number of hydrogen-bond acceptors (Lipinski definition) is 8. The predicted octanol–water partition coefficient (Wildman–Crippen LogP) is 3.78. The number of β-amino-alcohol motifs (C(OH)–C–C–N with tert-alkyl or cyclic N) is 1. The fourth-order valence-electron chi connectivity index (χ4n) is 4.61. The van der Waals surface area contributed by atoms with E-state index in [4.69, 9.17) is 4.98 Å². The van der Waals surface area contributed by atoms with E-state index in [0.29, 0.717) is 34.9 Å². The van der Waals surface area contributed by atoms with Crippen LogP contribution in [0, 0.1) is 0 Å². The zero-order chi connectivity index (χ0) is 26.7. The summed E-state index contributed by atoms with van der Waals surface area (Å²) in [5, 5.41) is 23.5. The third-order valence-electron chi connectivity index (χ3n) is 6.36. The molecule has 0 saturated carbocycles. The highest BCUT2D eigenvalue weighted by Crippen LogP contribution is 2.28. The molecule has 0 atom stereocenters. The van der Waals surface area contributed by atoms with Crippen LogP contribution in [0.2, 0.25) is 0 Å². The van der Waals surface area contributed by atoms with Gasteiger partial charge in [0.1, 0.15) is 16.7 Å². The number of carbonyl (C=O) groups excluding carboxylic acids is 1. The van der Waals surface area contributed by atoms with Crippen molar-refractivity contribution < 1.29 is 9.90 Å². The monoisotopic (exact) mass is 512 g/mol. The molecule has 10 nitrogen and oxygen atoms in total. The number of carbonyl (C=O) groups is 1. The molecule has 1 aliphatic rings. The van der Waals surface area contributed by atoms with Gasteiger partial charge in [0.2, 0.25) is 11.9 Å². The van der Waals surface area contributed by atoms with Gasteiger partial charge in [-0.1, -0.05) is 18.7 Å². The largest absolute Gasteiger partial charge is 0.389 e. The van der Waals surface area contributed by atoms with Crippen molar-refractivity contribution in [1.29, 1.82) is 0 Å². The Morgan fingerprint density at radius 3 is 2.61 bits per heavy atom. The first-order valence-electron chi connectivity index (χ1n) is 12.6. The maximum Gasteiger partial charge on any atom is 0.247 e. The summed E-state index contributed by atoms with van der Waals surface area (Å²) in [5.74, 6) is 0.186. The van der Waals surface area contributed by atoms with Crippen LogP contribution in [0.15, 0.2) is 67.4 Å². The molecule has 0 spiro atoms. The minimum Gasteiger partial charge on any atom is -0.389 e. The fraction of sp³-hybridized carbons (Fsp3) is 0.286. The summed E-state index contributed by atoms with van der Waals surface area (Å²) in [6.07, 6.45) is 2.93. The van der Waals surface area contributed by atoms with E-state index >= 15 is 0 Å². The number of nitrogens with one attached hydrogen (secondary N) is 3. The van der Waals surface area contributed by atoms with Gasteiger partial charge in [-0.2, -0.15) is 5.10 Å². The number of hydrogen-bond donors (Lipinski definition) is 4. The molecule has 196 valence electrons. The average molecular weight is 513 g/mol. The van der Waals surface area contributed by atoms with E-state index in [1.807, 2.05) is 44.2 Å². The lowest BCUT2D eigenvalue weighted by Crippen LogP contribution is -2.50. The average Bonchev–Trinajstić information content (AvgIpc) is 3.32. The Labute approximate surface area is 221 Å². The highest BCUT2D eigenvalue weighted by Gasteiger charge is 2.23. The van der Waals surface area contributed by atoms with E-state index in [9.17, 15) is 9.90 Å². The highest BCUT2D eigenvalue weighted by molar-refractivity contribution is 5.99. The molecule has 10 heteroatoms. The molecule has 1 amide bonds. The van der Waals surface area contributed by atoms with Gasteiger partial charge in [-0.15, -0.1) is 0 Å². The summed E-state index contributed by atoms with van der Waals surface area (Å²) >= 11 is 0. The number of H-pyrrole nitrogens is 1. The van der Waals surface area contributed by atoms with Crippen LogP contribution in [0.1, 0.15) is 13.8 Å². The summed E-state index contributed by atoms with van der Waals surface area (Å²) in [7, 11) is 0. The van der Waals surface area contributed by atoms with Gasteiger partial charge >= 0.3 is 0 Å². The molecule has 1 aliphatic heterocycles. The first-order valence-corrected chi connectivity index (χ1v) is 12.6. The standard InChI is InChI=1S/C28H32N8O2/c1-4-24(37)30-21-7-5-6-19(16-21)25-26-23(33-34-25)17-29-27(32-26)31-20-8-10-22(11-9-20)36-14-12-35(13-15-36)18-28(2,3)38/h4-11,16-17,38H,1,12-15,18H2,2-3H3,(H,30,37)(H,33,34)(H,29,31,32). The summed E-state index contributed by atoms with van der Waals surface area (Å²) in [4.78, 5) is 25.5. The second-order valence-corrected chi connectivity index (χ2v) is 10.0. The van der Waals surface area contributed by atoms with Gasteiger partial charge in [0, 0.05) is 55.3 Å². The normalized spacial score (nSPS) is 14.4. The Morgan fingerprint density at radius 1 is 1.13 bits per heavy atom. The Bertz CT molecular complexity index is 1430. The number of piperazine rings is 1. The van der Waals surface area contributed by atoms with Crippen molar-refractivity contribution in [3.05, 3.63) is 67.4 Å². The number of rotatable bonds is 8. The summed E-state index contributed by atoms with van der Waals surface area (Å²) < 4.78 is 0. The lowest BCUT2D eigenvalue weighted by molar-refractivity contribution is -0.111. The third kappa shape index (κ3) is 5.99. The van der Waals surface area contributed by atoms with Crippen LogP contribution in [-0.4, -0.2) is 74.4 Å². The minimum atomic E-state index is -0.676. The van der Waals surface area contributed by atoms with Crippen molar-refractivity contribution in [2.45, 2.75) is 19.4 Å². The lowest BCUT2D eigenvalue weighted by atomic mass is 10.1. The first kappa shape index (κ1) is 25.4. The molecular weight excluding hydrogens is 480 g/mol. The van der Waals surface area contributed by atoms with Gasteiger partial charge in [0.15, 0.2) is 0 Å². The molecular formula is C28H32N8O2. The van der Waals surface area contributed by atoms with Crippen molar-refractivity contribution in [2.75, 3.05) is 48.3 Å². The second kappa shape index (κ2) is 10.6. The van der Waals surface area contributed by atoms with E-state index in [1.165, 1.54) is 6.08 Å². The molecule has 4 aromatic rings. The number of aromatic nitrogens is 4. The summed E-state index contributed by atoms with van der Waals surface area (Å²) in [5.41, 5.74) is 4.89. The van der Waals surface area contributed by atoms with Gasteiger partial charge in [-0.3, -0.25) is 14.8 Å². The highest BCUT2D eigenvalue weighted by atomic mass is 16.3. The Kier molecular flexibility index (Phi) is 7.08. The molecule has 0 unspecified atom stereocenters. The van der Waals surface area contributed by atoms with Crippen molar-refractivity contribution in [2.24, 2.45) is 0 Å². The molecule has 0 radical (unpaired) electrons. The Morgan fingerprint density at radius 2 is 1.89 bits per heavy atom. The number of aliphatic hydroxyl groups is 1. The van der Waals surface area contributed by atoms with E-state index < -0.39 is 5.60 Å². The maximum absolute atomic E-state index is 11.7. The van der Waals surface area contributed by atoms with Gasteiger partial charge in [0.05, 0.1) is 11.8 Å². The van der Waals surface area contributed by atoms with Crippen LogP contribution in [0.4, 0.5) is 23.0 Å². The van der Waals surface area contributed by atoms with Crippen LogP contribution in [0.3, 0.4) is 0 Å². The molecule has 3 heterocycles. The molecule has 0 aliphatic carbocycles. The van der Waals surface area contributed by atoms with Crippen molar-refractivity contribution in [1.82, 2.24) is 25.1 Å². The van der Waals surface area contributed by atoms with Crippen LogP contribution < -0.4 is 15.5 Å². The van der Waals surface area contributed by atoms with Gasteiger partial charge in [-0.05, 0) is 56.3 Å². The molecule has 38 heavy (non-hydrogen) atoms. The number of nitrogens with zero attached hydrogens (tertiary/aromatic N) is 5. The summed E-state index contributed by atoms with van der Waals surface area (Å²) in [6.45, 7) is 11.6. The summed E-state index contributed by atoms with van der Waals surface area (Å²) in [6, 6.07) is 15.7. The van der Waals surface area contributed by atoms with Gasteiger partial charge < -0.3 is 20.6 Å². The van der Waals surface area contributed by atoms with Gasteiger partial charge in [-0.25, -0.2) is 9.97 Å². The zero-order valence-corrected chi connectivity index (χ0v) is 21.6.